The summed E-state index contributed by atoms with van der Waals surface area (Å²) in [5.41, 5.74) is 2.00. The van der Waals surface area contributed by atoms with E-state index in [-0.39, 0.29) is 10.6 Å². The maximum Gasteiger partial charge on any atom is 0.292 e. The molecule has 0 bridgehead atoms. The molecule has 0 N–H and O–H groups in total. The van der Waals surface area contributed by atoms with Crippen LogP contribution in [0.15, 0.2) is 18.2 Å². The van der Waals surface area contributed by atoms with Gasteiger partial charge in [-0.2, -0.15) is 0 Å². The van der Waals surface area contributed by atoms with Gasteiger partial charge in [-0.25, -0.2) is 0 Å². The Morgan fingerprint density at radius 1 is 1.40 bits per heavy atom. The number of rotatable bonds is 5. The molecule has 1 saturated heterocycles. The van der Waals surface area contributed by atoms with Crippen LogP contribution in [0.3, 0.4) is 0 Å². The van der Waals surface area contributed by atoms with Gasteiger partial charge in [0.15, 0.2) is 0 Å². The number of anilines is 1. The van der Waals surface area contributed by atoms with E-state index in [4.69, 9.17) is 11.6 Å². The van der Waals surface area contributed by atoms with Gasteiger partial charge in [-0.15, -0.1) is 11.6 Å². The quantitative estimate of drug-likeness (QED) is 0.461. The van der Waals surface area contributed by atoms with Crippen molar-refractivity contribution < 1.29 is 4.92 Å². The number of benzene rings is 1. The Kier molecular flexibility index (Phi) is 4.53. The molecule has 1 aliphatic rings. The zero-order valence-electron chi connectivity index (χ0n) is 12.1. The van der Waals surface area contributed by atoms with Crippen LogP contribution in [0.4, 0.5) is 11.4 Å². The zero-order valence-corrected chi connectivity index (χ0v) is 12.8. The van der Waals surface area contributed by atoms with E-state index >= 15 is 0 Å². The lowest BCUT2D eigenvalue weighted by atomic mass is 9.82. The molecule has 1 aromatic rings. The molecule has 0 amide bonds. The number of hydrogen-bond acceptors (Lipinski definition) is 3. The third-order valence-corrected chi connectivity index (χ3v) is 4.98. The fraction of sp³-hybridized carbons (Fsp3) is 0.600. The van der Waals surface area contributed by atoms with E-state index in [1.807, 2.05) is 12.1 Å². The summed E-state index contributed by atoms with van der Waals surface area (Å²) in [6.45, 7) is 6.21. The van der Waals surface area contributed by atoms with E-state index in [1.54, 1.807) is 6.07 Å². The molecule has 0 saturated carbocycles. The van der Waals surface area contributed by atoms with Crippen molar-refractivity contribution in [3.05, 3.63) is 33.9 Å². The Bertz CT molecular complexity index is 501. The number of alkyl halides is 1. The van der Waals surface area contributed by atoms with E-state index in [2.05, 4.69) is 18.7 Å². The minimum absolute atomic E-state index is 0.172. The van der Waals surface area contributed by atoms with Crippen molar-refractivity contribution in [1.29, 1.82) is 0 Å². The highest BCUT2D eigenvalue weighted by atomic mass is 35.5. The summed E-state index contributed by atoms with van der Waals surface area (Å²) in [7, 11) is 0. The van der Waals surface area contributed by atoms with Crippen molar-refractivity contribution in [2.24, 2.45) is 5.41 Å². The Balaban J connectivity index is 2.32. The Morgan fingerprint density at radius 3 is 2.60 bits per heavy atom. The summed E-state index contributed by atoms with van der Waals surface area (Å²) < 4.78 is 0. The number of hydrogen-bond donors (Lipinski definition) is 0. The zero-order chi connectivity index (χ0) is 14.8. The molecule has 110 valence electrons. The Hall–Kier alpha value is -1.29. The molecule has 4 nitrogen and oxygen atoms in total. The minimum atomic E-state index is -0.302. The molecule has 0 unspecified atom stereocenters. The van der Waals surface area contributed by atoms with Crippen LogP contribution in [0, 0.1) is 15.5 Å². The SMILES string of the molecule is CCC1(CC)CCN(c2ccc(CCl)cc2[N+](=O)[O-])C1. The average molecular weight is 297 g/mol. The van der Waals surface area contributed by atoms with Gasteiger partial charge in [0.05, 0.1) is 4.92 Å². The van der Waals surface area contributed by atoms with Gasteiger partial charge in [0.1, 0.15) is 5.69 Å². The van der Waals surface area contributed by atoms with Crippen LogP contribution in [-0.2, 0) is 5.88 Å². The monoisotopic (exact) mass is 296 g/mol. The molecule has 0 spiro atoms. The normalized spacial score (nSPS) is 17.4. The number of nitro groups is 1. The van der Waals surface area contributed by atoms with E-state index in [0.29, 0.717) is 11.3 Å². The summed E-state index contributed by atoms with van der Waals surface area (Å²) >= 11 is 5.77. The van der Waals surface area contributed by atoms with Crippen molar-refractivity contribution in [1.82, 2.24) is 0 Å². The summed E-state index contributed by atoms with van der Waals surface area (Å²) in [6, 6.07) is 5.32. The first-order valence-corrected chi connectivity index (χ1v) is 7.67. The highest BCUT2D eigenvalue weighted by Crippen LogP contribution is 2.41. The van der Waals surface area contributed by atoms with Gasteiger partial charge in [0, 0.05) is 25.0 Å². The fourth-order valence-corrected chi connectivity index (χ4v) is 3.20. The molecule has 2 rings (SSSR count). The predicted molar refractivity (Wildman–Crippen MR) is 82.5 cm³/mol. The molecule has 1 aromatic carbocycles. The smallest absolute Gasteiger partial charge is 0.292 e. The molecular formula is C15H21ClN2O2. The first kappa shape index (κ1) is 15.1. The van der Waals surface area contributed by atoms with Crippen LogP contribution in [0.25, 0.3) is 0 Å². The maximum atomic E-state index is 11.3. The van der Waals surface area contributed by atoms with E-state index < -0.39 is 0 Å². The second-order valence-corrected chi connectivity index (χ2v) is 5.86. The lowest BCUT2D eigenvalue weighted by Gasteiger charge is -2.27. The lowest BCUT2D eigenvalue weighted by Crippen LogP contribution is -2.26. The summed E-state index contributed by atoms with van der Waals surface area (Å²) in [5, 5.41) is 11.3. The van der Waals surface area contributed by atoms with Crippen LogP contribution in [0.5, 0.6) is 0 Å². The van der Waals surface area contributed by atoms with Gasteiger partial charge >= 0.3 is 0 Å². The summed E-state index contributed by atoms with van der Waals surface area (Å²) in [5.74, 6) is 0.301. The van der Waals surface area contributed by atoms with Gasteiger partial charge < -0.3 is 4.90 Å². The molecule has 0 aliphatic carbocycles. The molecule has 1 aliphatic heterocycles. The van der Waals surface area contributed by atoms with Crippen LogP contribution in [0.2, 0.25) is 0 Å². The van der Waals surface area contributed by atoms with Crippen molar-refractivity contribution in [2.45, 2.75) is 39.0 Å². The van der Waals surface area contributed by atoms with Gasteiger partial charge in [0.2, 0.25) is 0 Å². The predicted octanol–water partition coefficient (Wildman–Crippen LogP) is 4.35. The van der Waals surface area contributed by atoms with Gasteiger partial charge in [-0.05, 0) is 36.3 Å². The Morgan fingerprint density at radius 2 is 2.10 bits per heavy atom. The third-order valence-electron chi connectivity index (χ3n) is 4.67. The minimum Gasteiger partial charge on any atom is -0.365 e. The largest absolute Gasteiger partial charge is 0.365 e. The van der Waals surface area contributed by atoms with E-state index in [9.17, 15) is 10.1 Å². The van der Waals surface area contributed by atoms with E-state index in [1.165, 1.54) is 0 Å². The van der Waals surface area contributed by atoms with Gasteiger partial charge in [0.25, 0.3) is 5.69 Å². The summed E-state index contributed by atoms with van der Waals surface area (Å²) in [6.07, 6.45) is 3.34. The van der Waals surface area contributed by atoms with Crippen molar-refractivity contribution in [3.63, 3.8) is 0 Å². The number of halogens is 1. The number of nitro benzene ring substituents is 1. The van der Waals surface area contributed by atoms with Gasteiger partial charge in [-0.1, -0.05) is 19.9 Å². The van der Waals surface area contributed by atoms with Crippen LogP contribution in [-0.4, -0.2) is 18.0 Å². The number of nitrogens with zero attached hydrogens (tertiary/aromatic N) is 2. The molecule has 5 heteroatoms. The third kappa shape index (κ3) is 2.75. The topological polar surface area (TPSA) is 46.4 Å². The second kappa shape index (κ2) is 6.00. The van der Waals surface area contributed by atoms with Crippen molar-refractivity contribution in [2.75, 3.05) is 18.0 Å². The molecule has 1 fully saturated rings. The molecule has 1 heterocycles. The van der Waals surface area contributed by atoms with Crippen LogP contribution in [0.1, 0.15) is 38.7 Å². The highest BCUT2D eigenvalue weighted by molar-refractivity contribution is 6.17. The first-order chi connectivity index (χ1) is 9.55. The van der Waals surface area contributed by atoms with Crippen molar-refractivity contribution >= 4 is 23.0 Å². The highest BCUT2D eigenvalue weighted by Gasteiger charge is 2.36. The average Bonchev–Trinajstić information content (AvgIpc) is 2.91. The fourth-order valence-electron chi connectivity index (χ4n) is 3.03. The molecule has 0 atom stereocenters. The first-order valence-electron chi connectivity index (χ1n) is 7.13. The summed E-state index contributed by atoms with van der Waals surface area (Å²) in [4.78, 5) is 13.1. The molecule has 0 radical (unpaired) electrons. The van der Waals surface area contributed by atoms with Crippen molar-refractivity contribution in [3.8, 4) is 0 Å². The standard InChI is InChI=1S/C15H21ClN2O2/c1-3-15(4-2)7-8-17(11-15)13-6-5-12(10-16)9-14(13)18(19)20/h5-6,9H,3-4,7-8,10-11H2,1-2H3. The van der Waals surface area contributed by atoms with E-state index in [0.717, 1.165) is 43.6 Å². The molecular weight excluding hydrogens is 276 g/mol. The molecule has 0 aromatic heterocycles. The maximum absolute atomic E-state index is 11.3. The van der Waals surface area contributed by atoms with Crippen LogP contribution < -0.4 is 4.90 Å². The Labute approximate surface area is 124 Å². The van der Waals surface area contributed by atoms with Crippen LogP contribution >= 0.6 is 11.6 Å². The second-order valence-electron chi connectivity index (χ2n) is 5.59. The molecule has 20 heavy (non-hydrogen) atoms. The lowest BCUT2D eigenvalue weighted by molar-refractivity contribution is -0.384. The van der Waals surface area contributed by atoms with Gasteiger partial charge in [-0.3, -0.25) is 10.1 Å².